The van der Waals surface area contributed by atoms with E-state index < -0.39 is 8.80 Å². The van der Waals surface area contributed by atoms with Crippen molar-refractivity contribution in [2.75, 3.05) is 21.3 Å². The van der Waals surface area contributed by atoms with Gasteiger partial charge in [0.25, 0.3) is 0 Å². The molecule has 0 radical (unpaired) electrons. The molecule has 0 aliphatic carbocycles. The highest BCUT2D eigenvalue weighted by molar-refractivity contribution is 6.59. The zero-order chi connectivity index (χ0) is 9.73. The molecule has 74 valence electrons. The third-order valence-electron chi connectivity index (χ3n) is 1.76. The third kappa shape index (κ3) is 2.34. The van der Waals surface area contributed by atoms with Crippen molar-refractivity contribution < 1.29 is 13.3 Å². The summed E-state index contributed by atoms with van der Waals surface area (Å²) in [6, 6.07) is 0. The molecule has 1 rings (SSSR count). The van der Waals surface area contributed by atoms with E-state index in [0.717, 1.165) is 0 Å². The highest BCUT2D eigenvalue weighted by Crippen LogP contribution is 2.07. The Labute approximate surface area is 77.8 Å². The van der Waals surface area contributed by atoms with Gasteiger partial charge in [0.05, 0.1) is 0 Å². The van der Waals surface area contributed by atoms with Crippen molar-refractivity contribution in [3.05, 3.63) is 12.7 Å². The van der Waals surface area contributed by atoms with Gasteiger partial charge in [-0.05, 0) is 0 Å². The van der Waals surface area contributed by atoms with Gasteiger partial charge in [0.1, 0.15) is 18.8 Å². The fraction of sp³-hybridized carbons (Fsp3) is 0.667. The molecule has 0 aromatic carbocycles. The number of hydrogen-bond acceptors (Lipinski definition) is 5. The van der Waals surface area contributed by atoms with Crippen LogP contribution in [-0.4, -0.2) is 44.9 Å². The first-order valence-electron chi connectivity index (χ1n) is 3.74. The van der Waals surface area contributed by atoms with E-state index in [9.17, 15) is 0 Å². The molecule has 1 heterocycles. The van der Waals surface area contributed by atoms with Crippen LogP contribution in [0, 0.1) is 0 Å². The van der Waals surface area contributed by atoms with Gasteiger partial charge in [-0.25, -0.2) is 9.67 Å². The summed E-state index contributed by atoms with van der Waals surface area (Å²) in [6.07, 6.45) is 3.52. The molecule has 6 nitrogen and oxygen atoms in total. The molecule has 0 aliphatic heterocycles. The summed E-state index contributed by atoms with van der Waals surface area (Å²) in [5.41, 5.74) is 0. The Morgan fingerprint density at radius 3 is 2.23 bits per heavy atom. The van der Waals surface area contributed by atoms with Gasteiger partial charge in [0, 0.05) is 21.3 Å². The topological polar surface area (TPSA) is 58.4 Å². The number of hydrogen-bond donors (Lipinski definition) is 0. The van der Waals surface area contributed by atoms with Gasteiger partial charge < -0.3 is 13.3 Å². The minimum atomic E-state index is -2.56. The van der Waals surface area contributed by atoms with E-state index in [1.807, 2.05) is 0 Å². The molecule has 0 fully saturated rings. The number of nitrogens with zero attached hydrogens (tertiary/aromatic N) is 3. The van der Waals surface area contributed by atoms with Gasteiger partial charge in [-0.3, -0.25) is 0 Å². The molecule has 0 spiro atoms. The minimum absolute atomic E-state index is 0.469. The molecule has 0 atom stereocenters. The Bertz CT molecular complexity index is 229. The third-order valence-corrected chi connectivity index (χ3v) is 4.33. The lowest BCUT2D eigenvalue weighted by Crippen LogP contribution is -2.47. The second kappa shape index (κ2) is 4.47. The summed E-state index contributed by atoms with van der Waals surface area (Å²) >= 11 is 0. The monoisotopic (exact) mass is 203 g/mol. The highest BCUT2D eigenvalue weighted by atomic mass is 28.4. The fourth-order valence-electron chi connectivity index (χ4n) is 0.956. The highest BCUT2D eigenvalue weighted by Gasteiger charge is 2.38. The summed E-state index contributed by atoms with van der Waals surface area (Å²) in [4.78, 5) is 3.82. The van der Waals surface area contributed by atoms with E-state index in [4.69, 9.17) is 13.3 Å². The second-order valence-electron chi connectivity index (χ2n) is 2.39. The Hall–Kier alpha value is -0.763. The summed E-state index contributed by atoms with van der Waals surface area (Å²) < 4.78 is 17.3. The van der Waals surface area contributed by atoms with Gasteiger partial charge in [0.2, 0.25) is 0 Å². The zero-order valence-electron chi connectivity index (χ0n) is 7.93. The average Bonchev–Trinajstić information content (AvgIpc) is 2.67. The maximum absolute atomic E-state index is 5.22. The van der Waals surface area contributed by atoms with Crippen molar-refractivity contribution in [3.63, 3.8) is 0 Å². The van der Waals surface area contributed by atoms with Crippen molar-refractivity contribution in [2.24, 2.45) is 0 Å². The fourth-order valence-corrected chi connectivity index (χ4v) is 2.40. The van der Waals surface area contributed by atoms with Crippen LogP contribution in [0.2, 0.25) is 0 Å². The van der Waals surface area contributed by atoms with Crippen LogP contribution < -0.4 is 0 Å². The average molecular weight is 203 g/mol. The summed E-state index contributed by atoms with van der Waals surface area (Å²) in [5, 5.41) is 3.95. The van der Waals surface area contributed by atoms with Crippen LogP contribution in [0.1, 0.15) is 0 Å². The lowest BCUT2D eigenvalue weighted by atomic mass is 11.2. The van der Waals surface area contributed by atoms with Crippen molar-refractivity contribution in [1.29, 1.82) is 0 Å². The zero-order valence-corrected chi connectivity index (χ0v) is 8.93. The lowest BCUT2D eigenvalue weighted by Gasteiger charge is -2.23. The van der Waals surface area contributed by atoms with Gasteiger partial charge in [0.15, 0.2) is 0 Å². The molecule has 0 amide bonds. The largest absolute Gasteiger partial charge is 0.522 e. The maximum Gasteiger partial charge on any atom is 0.522 e. The lowest BCUT2D eigenvalue weighted by molar-refractivity contribution is 0.114. The molecule has 1 aromatic rings. The molecule has 1 aromatic heterocycles. The number of rotatable bonds is 5. The summed E-state index contributed by atoms with van der Waals surface area (Å²) in [6.45, 7) is 0. The van der Waals surface area contributed by atoms with Crippen molar-refractivity contribution in [3.8, 4) is 0 Å². The summed E-state index contributed by atoms with van der Waals surface area (Å²) in [5.74, 6) is 0. The first-order chi connectivity index (χ1) is 6.26. The molecule has 0 bridgehead atoms. The van der Waals surface area contributed by atoms with Gasteiger partial charge in [-0.1, -0.05) is 0 Å². The van der Waals surface area contributed by atoms with E-state index in [1.54, 1.807) is 32.3 Å². The van der Waals surface area contributed by atoms with E-state index in [-0.39, 0.29) is 0 Å². The normalized spacial score (nSPS) is 11.9. The van der Waals surface area contributed by atoms with Crippen LogP contribution in [0.25, 0.3) is 0 Å². The van der Waals surface area contributed by atoms with Crippen LogP contribution in [0.15, 0.2) is 12.7 Å². The van der Waals surface area contributed by atoms with Crippen LogP contribution in [-0.2, 0) is 19.4 Å². The number of aromatic nitrogens is 3. The van der Waals surface area contributed by atoms with E-state index in [0.29, 0.717) is 6.17 Å². The predicted octanol–water partition coefficient (Wildman–Crippen LogP) is -0.305. The van der Waals surface area contributed by atoms with Crippen LogP contribution in [0.4, 0.5) is 0 Å². The van der Waals surface area contributed by atoms with Crippen LogP contribution in [0.3, 0.4) is 0 Å². The van der Waals surface area contributed by atoms with E-state index in [2.05, 4.69) is 10.1 Å². The Balaban J connectivity index is 2.67. The first-order valence-corrected chi connectivity index (χ1v) is 5.67. The Morgan fingerprint density at radius 1 is 1.23 bits per heavy atom. The molecule has 0 saturated heterocycles. The maximum atomic E-state index is 5.22. The Kier molecular flexibility index (Phi) is 3.55. The standard InChI is InChI=1S/C6H13N3O3Si/c1-10-13(11-2,12-3)6-9-5-7-4-8-9/h4-5H,6H2,1-3H3. The molecule has 0 unspecified atom stereocenters. The molecule has 7 heteroatoms. The Morgan fingerprint density at radius 2 is 1.85 bits per heavy atom. The van der Waals surface area contributed by atoms with Gasteiger partial charge in [-0.15, -0.1) is 0 Å². The molecule has 0 saturated carbocycles. The molecular formula is C6H13N3O3Si. The van der Waals surface area contributed by atoms with Crippen molar-refractivity contribution >= 4 is 8.80 Å². The molecule has 0 N–H and O–H groups in total. The van der Waals surface area contributed by atoms with Crippen molar-refractivity contribution in [1.82, 2.24) is 14.8 Å². The molecule has 13 heavy (non-hydrogen) atoms. The van der Waals surface area contributed by atoms with E-state index >= 15 is 0 Å². The molecular weight excluding hydrogens is 190 g/mol. The van der Waals surface area contributed by atoms with Crippen molar-refractivity contribution in [2.45, 2.75) is 6.17 Å². The minimum Gasteiger partial charge on any atom is -0.376 e. The first kappa shape index (κ1) is 10.3. The van der Waals surface area contributed by atoms with E-state index in [1.165, 1.54) is 6.33 Å². The quantitative estimate of drug-likeness (QED) is 0.615. The van der Waals surface area contributed by atoms with Crippen LogP contribution >= 0.6 is 0 Å². The van der Waals surface area contributed by atoms with Gasteiger partial charge >= 0.3 is 8.80 Å². The predicted molar refractivity (Wildman–Crippen MR) is 46.8 cm³/mol. The SMILES string of the molecule is CO[Si](Cn1cncn1)(OC)OC. The molecule has 0 aliphatic rings. The van der Waals surface area contributed by atoms with Crippen LogP contribution in [0.5, 0.6) is 0 Å². The smallest absolute Gasteiger partial charge is 0.376 e. The summed E-state index contributed by atoms with van der Waals surface area (Å²) in [7, 11) is 2.14. The second-order valence-corrected chi connectivity index (χ2v) is 5.30. The van der Waals surface area contributed by atoms with Gasteiger partial charge in [-0.2, -0.15) is 5.10 Å².